The Balaban J connectivity index is 2.50. The smallest absolute Gasteiger partial charge is 0.178 e. The van der Waals surface area contributed by atoms with Crippen LogP contribution in [0.15, 0.2) is 23.1 Å². The average Bonchev–Trinajstić information content (AvgIpc) is 2.17. The summed E-state index contributed by atoms with van der Waals surface area (Å²) in [5.41, 5.74) is 1.75. The molecule has 0 radical (unpaired) electrons. The number of benzene rings is 1. The van der Waals surface area contributed by atoms with Crippen LogP contribution in [0.2, 0.25) is 0 Å². The predicted octanol–water partition coefficient (Wildman–Crippen LogP) is 1.15. The number of hydrogen-bond acceptors (Lipinski definition) is 3. The Morgan fingerprint density at radius 3 is 2.87 bits per heavy atom. The van der Waals surface area contributed by atoms with Crippen molar-refractivity contribution in [3.63, 3.8) is 0 Å². The Bertz CT molecular complexity index is 489. The third-order valence-corrected chi connectivity index (χ3v) is 4.53. The molecular formula is C11H12O3S. The molecule has 0 amide bonds. The Kier molecular flexibility index (Phi) is 2.61. The third kappa shape index (κ3) is 1.95. The minimum atomic E-state index is -3.06. The van der Waals surface area contributed by atoms with Crippen molar-refractivity contribution in [2.24, 2.45) is 0 Å². The van der Waals surface area contributed by atoms with E-state index in [0.717, 1.165) is 23.8 Å². The summed E-state index contributed by atoms with van der Waals surface area (Å²) in [6.07, 6.45) is 2.66. The molecule has 1 aromatic carbocycles. The van der Waals surface area contributed by atoms with Crippen molar-refractivity contribution in [3.8, 4) is 0 Å². The molecule has 0 unspecified atom stereocenters. The highest BCUT2D eigenvalue weighted by molar-refractivity contribution is 7.91. The van der Waals surface area contributed by atoms with Gasteiger partial charge in [0.2, 0.25) is 0 Å². The van der Waals surface area contributed by atoms with Crippen molar-refractivity contribution in [2.75, 3.05) is 5.75 Å². The number of carbonyl (C=O) groups excluding carboxylic acids is 1. The van der Waals surface area contributed by atoms with E-state index in [9.17, 15) is 13.2 Å². The van der Waals surface area contributed by atoms with Crippen LogP contribution in [0, 0.1) is 0 Å². The van der Waals surface area contributed by atoms with Crippen LogP contribution in [0.1, 0.15) is 17.5 Å². The maximum absolute atomic E-state index is 11.7. The van der Waals surface area contributed by atoms with Crippen molar-refractivity contribution in [1.82, 2.24) is 0 Å². The monoisotopic (exact) mass is 224 g/mol. The van der Waals surface area contributed by atoms with E-state index in [2.05, 4.69) is 0 Å². The highest BCUT2D eigenvalue weighted by Crippen LogP contribution is 2.25. The maximum Gasteiger partial charge on any atom is 0.178 e. The average molecular weight is 224 g/mol. The molecule has 0 bridgehead atoms. The number of sulfone groups is 1. The second-order valence-corrected chi connectivity index (χ2v) is 5.81. The lowest BCUT2D eigenvalue weighted by atomic mass is 10.0. The van der Waals surface area contributed by atoms with Gasteiger partial charge in [0.05, 0.1) is 10.6 Å². The normalized spacial score (nSPS) is 18.1. The lowest BCUT2D eigenvalue weighted by Gasteiger charge is -2.16. The summed E-state index contributed by atoms with van der Waals surface area (Å²) in [4.78, 5) is 10.8. The molecule has 1 aromatic rings. The van der Waals surface area contributed by atoms with Gasteiger partial charge in [0.1, 0.15) is 6.29 Å². The summed E-state index contributed by atoms with van der Waals surface area (Å²) in [5, 5.41) is 0. The maximum atomic E-state index is 11.7. The minimum absolute atomic E-state index is 0.243. The largest absolute Gasteiger partial charge is 0.303 e. The molecule has 0 aromatic heterocycles. The Morgan fingerprint density at radius 2 is 2.13 bits per heavy atom. The molecule has 2 rings (SSSR count). The first-order chi connectivity index (χ1) is 7.13. The molecule has 0 saturated carbocycles. The van der Waals surface area contributed by atoms with Crippen molar-refractivity contribution < 1.29 is 13.2 Å². The summed E-state index contributed by atoms with van der Waals surface area (Å²) < 4.78 is 23.3. The topological polar surface area (TPSA) is 51.2 Å². The number of fused-ring (bicyclic) bond motifs is 1. The van der Waals surface area contributed by atoms with Crippen molar-refractivity contribution in [1.29, 1.82) is 0 Å². The molecule has 0 spiro atoms. The molecule has 4 heteroatoms. The number of carbonyl (C=O) groups is 1. The fraction of sp³-hybridized carbons (Fsp3) is 0.364. The summed E-state index contributed by atoms with van der Waals surface area (Å²) in [6, 6.07) is 5.18. The second-order valence-electron chi connectivity index (χ2n) is 3.74. The van der Waals surface area contributed by atoms with Gasteiger partial charge in [-0.3, -0.25) is 0 Å². The number of aryl methyl sites for hydroxylation is 1. The number of rotatable bonds is 2. The minimum Gasteiger partial charge on any atom is -0.303 e. The lowest BCUT2D eigenvalue weighted by molar-refractivity contribution is -0.107. The van der Waals surface area contributed by atoms with Crippen molar-refractivity contribution >= 4 is 16.1 Å². The molecule has 0 N–H and O–H groups in total. The molecule has 80 valence electrons. The molecule has 1 aliphatic heterocycles. The fourth-order valence-electron chi connectivity index (χ4n) is 1.92. The molecule has 1 aliphatic rings. The van der Waals surface area contributed by atoms with Crippen LogP contribution in [0.5, 0.6) is 0 Å². The first kappa shape index (κ1) is 10.4. The summed E-state index contributed by atoms with van der Waals surface area (Å²) in [5.74, 6) is 0.243. The van der Waals surface area contributed by atoms with Gasteiger partial charge in [-0.25, -0.2) is 8.42 Å². The molecule has 3 nitrogen and oxygen atoms in total. The summed E-state index contributed by atoms with van der Waals surface area (Å²) >= 11 is 0. The predicted molar refractivity (Wildman–Crippen MR) is 56.6 cm³/mol. The zero-order valence-electron chi connectivity index (χ0n) is 8.27. The van der Waals surface area contributed by atoms with E-state index < -0.39 is 9.84 Å². The van der Waals surface area contributed by atoms with E-state index in [-0.39, 0.29) is 5.75 Å². The van der Waals surface area contributed by atoms with Gasteiger partial charge >= 0.3 is 0 Å². The van der Waals surface area contributed by atoms with Gasteiger partial charge in [0, 0.05) is 6.42 Å². The lowest BCUT2D eigenvalue weighted by Crippen LogP contribution is -2.16. The molecule has 0 atom stereocenters. The van der Waals surface area contributed by atoms with Crippen LogP contribution in [0.4, 0.5) is 0 Å². The molecule has 0 saturated heterocycles. The van der Waals surface area contributed by atoms with Crippen LogP contribution in [0.25, 0.3) is 0 Å². The van der Waals surface area contributed by atoms with E-state index in [1.54, 1.807) is 12.1 Å². The highest BCUT2D eigenvalue weighted by atomic mass is 32.2. The van der Waals surface area contributed by atoms with Crippen LogP contribution >= 0.6 is 0 Å². The van der Waals surface area contributed by atoms with E-state index in [1.165, 1.54) is 0 Å². The Labute approximate surface area is 89.0 Å². The van der Waals surface area contributed by atoms with Gasteiger partial charge in [-0.1, -0.05) is 12.1 Å². The van der Waals surface area contributed by atoms with E-state index in [4.69, 9.17) is 0 Å². The van der Waals surface area contributed by atoms with Gasteiger partial charge < -0.3 is 4.79 Å². The van der Waals surface area contributed by atoms with Gasteiger partial charge in [-0.15, -0.1) is 0 Å². The van der Waals surface area contributed by atoms with Crippen LogP contribution in [-0.4, -0.2) is 20.5 Å². The van der Waals surface area contributed by atoms with Crippen LogP contribution in [-0.2, 0) is 27.5 Å². The zero-order chi connectivity index (χ0) is 10.9. The first-order valence-corrected chi connectivity index (χ1v) is 6.57. The molecule has 0 fully saturated rings. The van der Waals surface area contributed by atoms with Crippen LogP contribution < -0.4 is 0 Å². The van der Waals surface area contributed by atoms with Gasteiger partial charge in [-0.2, -0.15) is 0 Å². The second kappa shape index (κ2) is 3.77. The third-order valence-electron chi connectivity index (χ3n) is 2.64. The quantitative estimate of drug-likeness (QED) is 0.708. The molecular weight excluding hydrogens is 212 g/mol. The summed E-state index contributed by atoms with van der Waals surface area (Å²) in [6.45, 7) is 0. The highest BCUT2D eigenvalue weighted by Gasteiger charge is 2.23. The van der Waals surface area contributed by atoms with Gasteiger partial charge in [-0.05, 0) is 30.0 Å². The Morgan fingerprint density at radius 1 is 1.33 bits per heavy atom. The van der Waals surface area contributed by atoms with Crippen LogP contribution in [0.3, 0.4) is 0 Å². The Hall–Kier alpha value is -1.16. The number of aldehydes is 1. The molecule has 0 aliphatic carbocycles. The molecule has 1 heterocycles. The van der Waals surface area contributed by atoms with Crippen molar-refractivity contribution in [3.05, 3.63) is 29.3 Å². The summed E-state index contributed by atoms with van der Waals surface area (Å²) in [7, 11) is -3.06. The van der Waals surface area contributed by atoms with E-state index in [1.807, 2.05) is 6.07 Å². The van der Waals surface area contributed by atoms with Crippen molar-refractivity contribution in [2.45, 2.75) is 24.2 Å². The SMILES string of the molecule is O=CCc1ccc2c(c1)CCCS2(=O)=O. The van der Waals surface area contributed by atoms with E-state index >= 15 is 0 Å². The zero-order valence-corrected chi connectivity index (χ0v) is 9.09. The van der Waals surface area contributed by atoms with E-state index in [0.29, 0.717) is 17.7 Å². The first-order valence-electron chi connectivity index (χ1n) is 4.92. The fourth-order valence-corrected chi connectivity index (χ4v) is 3.50. The standard InChI is InChI=1S/C11H12O3S/c12-6-5-9-3-4-11-10(8-9)2-1-7-15(11,13)14/h3-4,6,8H,1-2,5,7H2. The van der Waals surface area contributed by atoms with Gasteiger partial charge in [0.15, 0.2) is 9.84 Å². The number of hydrogen-bond donors (Lipinski definition) is 0. The molecule has 15 heavy (non-hydrogen) atoms. The van der Waals surface area contributed by atoms with Gasteiger partial charge in [0.25, 0.3) is 0 Å².